The van der Waals surface area contributed by atoms with Crippen molar-refractivity contribution in [1.82, 2.24) is 0 Å². The fourth-order valence-electron chi connectivity index (χ4n) is 1.68. The van der Waals surface area contributed by atoms with Gasteiger partial charge in [0.1, 0.15) is 0 Å². The number of aliphatic hydroxyl groups is 1. The molecule has 0 aromatic heterocycles. The van der Waals surface area contributed by atoms with Gasteiger partial charge in [-0.05, 0) is 17.8 Å². The molecule has 0 heterocycles. The Balaban J connectivity index is 2.75. The zero-order chi connectivity index (χ0) is 7.94. The Kier molecular flexibility index (Phi) is 1.77. The summed E-state index contributed by atoms with van der Waals surface area (Å²) in [6.45, 7) is 6.31. The lowest BCUT2D eigenvalue weighted by atomic mass is 9.81. The minimum Gasteiger partial charge on any atom is -0.391 e. The largest absolute Gasteiger partial charge is 0.391 e. The molecule has 0 aromatic rings. The molecule has 1 aliphatic rings. The van der Waals surface area contributed by atoms with Crippen LogP contribution in [0.25, 0.3) is 0 Å². The minimum atomic E-state index is -0.317. The van der Waals surface area contributed by atoms with Gasteiger partial charge in [-0.3, -0.25) is 0 Å². The van der Waals surface area contributed by atoms with Gasteiger partial charge < -0.3 is 10.8 Å². The van der Waals surface area contributed by atoms with E-state index in [2.05, 4.69) is 20.8 Å². The molecule has 0 aromatic carbocycles. The summed E-state index contributed by atoms with van der Waals surface area (Å²) in [5.74, 6) is 0.539. The molecule has 3 N–H and O–H groups in total. The highest BCUT2D eigenvalue weighted by Crippen LogP contribution is 2.41. The zero-order valence-corrected chi connectivity index (χ0v) is 6.96. The van der Waals surface area contributed by atoms with Crippen LogP contribution in [0.15, 0.2) is 0 Å². The van der Waals surface area contributed by atoms with Gasteiger partial charge in [0.15, 0.2) is 0 Å². The molecule has 3 atom stereocenters. The minimum absolute atomic E-state index is 0.00926. The molecule has 1 saturated carbocycles. The summed E-state index contributed by atoms with van der Waals surface area (Å²) in [6, 6.07) is -0.00926. The first-order valence-corrected chi connectivity index (χ1v) is 3.90. The fourth-order valence-corrected chi connectivity index (χ4v) is 1.68. The number of aliphatic hydroxyl groups excluding tert-OH is 1. The fraction of sp³-hybridized carbons (Fsp3) is 1.00. The van der Waals surface area contributed by atoms with Gasteiger partial charge in [0.05, 0.1) is 6.10 Å². The molecule has 60 valence electrons. The Morgan fingerprint density at radius 3 is 2.10 bits per heavy atom. The molecular weight excluding hydrogens is 126 g/mol. The standard InChI is InChI=1S/C8H17NO/c1-5-4-6(9)7(10)8(5,2)3/h5-7,10H,4,9H2,1-3H3/t5?,6-,7+/m0/s1. The summed E-state index contributed by atoms with van der Waals surface area (Å²) in [4.78, 5) is 0. The monoisotopic (exact) mass is 143 g/mol. The van der Waals surface area contributed by atoms with Gasteiger partial charge >= 0.3 is 0 Å². The second-order valence-corrected chi connectivity index (χ2v) is 4.07. The molecule has 10 heavy (non-hydrogen) atoms. The van der Waals surface area contributed by atoms with Crippen LogP contribution < -0.4 is 5.73 Å². The van der Waals surface area contributed by atoms with Gasteiger partial charge in [-0.1, -0.05) is 20.8 Å². The first-order valence-electron chi connectivity index (χ1n) is 3.90. The number of hydrogen-bond acceptors (Lipinski definition) is 2. The van der Waals surface area contributed by atoms with Crippen molar-refractivity contribution in [2.75, 3.05) is 0 Å². The summed E-state index contributed by atoms with van der Waals surface area (Å²) in [5.41, 5.74) is 5.71. The molecular formula is C8H17NO. The summed E-state index contributed by atoms with van der Waals surface area (Å²) < 4.78 is 0. The predicted molar refractivity (Wildman–Crippen MR) is 41.5 cm³/mol. The van der Waals surface area contributed by atoms with Gasteiger partial charge in [-0.25, -0.2) is 0 Å². The first-order chi connectivity index (χ1) is 4.46. The van der Waals surface area contributed by atoms with Crippen LogP contribution in [0.4, 0.5) is 0 Å². The lowest BCUT2D eigenvalue weighted by Gasteiger charge is -2.27. The van der Waals surface area contributed by atoms with Gasteiger partial charge in [0.2, 0.25) is 0 Å². The maximum absolute atomic E-state index is 9.57. The molecule has 2 nitrogen and oxygen atoms in total. The van der Waals surface area contributed by atoms with Crippen LogP contribution in [0.2, 0.25) is 0 Å². The van der Waals surface area contributed by atoms with Crippen LogP contribution >= 0.6 is 0 Å². The first kappa shape index (κ1) is 8.02. The van der Waals surface area contributed by atoms with Crippen LogP contribution in [0.1, 0.15) is 27.2 Å². The van der Waals surface area contributed by atoms with E-state index in [1.54, 1.807) is 0 Å². The van der Waals surface area contributed by atoms with Crippen molar-refractivity contribution in [3.63, 3.8) is 0 Å². The third-order valence-electron chi connectivity index (χ3n) is 3.06. The van der Waals surface area contributed by atoms with Gasteiger partial charge in [0.25, 0.3) is 0 Å². The molecule has 1 fully saturated rings. The van der Waals surface area contributed by atoms with Crippen LogP contribution in [0.5, 0.6) is 0 Å². The predicted octanol–water partition coefficient (Wildman–Crippen LogP) is 0.741. The van der Waals surface area contributed by atoms with Crippen molar-refractivity contribution in [2.24, 2.45) is 17.1 Å². The van der Waals surface area contributed by atoms with E-state index < -0.39 is 0 Å². The van der Waals surface area contributed by atoms with Crippen molar-refractivity contribution in [2.45, 2.75) is 39.3 Å². The Hall–Kier alpha value is -0.0800. The molecule has 1 aliphatic carbocycles. The molecule has 0 spiro atoms. The lowest BCUT2D eigenvalue weighted by Crippen LogP contribution is -2.37. The maximum atomic E-state index is 9.57. The SMILES string of the molecule is CC1C[C@H](N)[C@@H](O)C1(C)C. The smallest absolute Gasteiger partial charge is 0.0744 e. The average Bonchev–Trinajstić information content (AvgIpc) is 1.97. The molecule has 0 aliphatic heterocycles. The van der Waals surface area contributed by atoms with E-state index in [0.29, 0.717) is 5.92 Å². The van der Waals surface area contributed by atoms with Gasteiger partial charge in [0, 0.05) is 6.04 Å². The van der Waals surface area contributed by atoms with Gasteiger partial charge in [-0.15, -0.1) is 0 Å². The Bertz CT molecular complexity index is 133. The Labute approximate surface area is 62.4 Å². The molecule has 2 heteroatoms. The van der Waals surface area contributed by atoms with E-state index in [4.69, 9.17) is 5.73 Å². The average molecular weight is 143 g/mol. The van der Waals surface area contributed by atoms with Gasteiger partial charge in [-0.2, -0.15) is 0 Å². The number of hydrogen-bond donors (Lipinski definition) is 2. The van der Waals surface area contributed by atoms with Crippen LogP contribution in [0, 0.1) is 11.3 Å². The quantitative estimate of drug-likeness (QED) is 0.525. The van der Waals surface area contributed by atoms with E-state index in [1.165, 1.54) is 0 Å². The number of rotatable bonds is 0. The van der Waals surface area contributed by atoms with E-state index in [-0.39, 0.29) is 17.6 Å². The third-order valence-corrected chi connectivity index (χ3v) is 3.06. The molecule has 0 bridgehead atoms. The van der Waals surface area contributed by atoms with E-state index in [0.717, 1.165) is 6.42 Å². The zero-order valence-electron chi connectivity index (χ0n) is 6.96. The van der Waals surface area contributed by atoms with Crippen molar-refractivity contribution in [1.29, 1.82) is 0 Å². The van der Waals surface area contributed by atoms with Crippen molar-refractivity contribution < 1.29 is 5.11 Å². The summed E-state index contributed by atoms with van der Waals surface area (Å²) >= 11 is 0. The second-order valence-electron chi connectivity index (χ2n) is 4.07. The van der Waals surface area contributed by atoms with Crippen molar-refractivity contribution in [3.05, 3.63) is 0 Å². The van der Waals surface area contributed by atoms with Crippen molar-refractivity contribution >= 4 is 0 Å². The van der Waals surface area contributed by atoms with Crippen LogP contribution in [-0.2, 0) is 0 Å². The Morgan fingerprint density at radius 1 is 1.50 bits per heavy atom. The van der Waals surface area contributed by atoms with E-state index >= 15 is 0 Å². The van der Waals surface area contributed by atoms with Crippen LogP contribution in [-0.4, -0.2) is 17.3 Å². The van der Waals surface area contributed by atoms with E-state index in [9.17, 15) is 5.11 Å². The summed E-state index contributed by atoms with van der Waals surface area (Å²) in [6.07, 6.45) is 0.635. The highest BCUT2D eigenvalue weighted by molar-refractivity contribution is 4.97. The highest BCUT2D eigenvalue weighted by Gasteiger charge is 2.44. The molecule has 0 radical (unpaired) electrons. The topological polar surface area (TPSA) is 46.2 Å². The maximum Gasteiger partial charge on any atom is 0.0744 e. The number of nitrogens with two attached hydrogens (primary N) is 1. The molecule has 1 unspecified atom stereocenters. The summed E-state index contributed by atoms with van der Waals surface area (Å²) in [7, 11) is 0. The molecule has 0 amide bonds. The summed E-state index contributed by atoms with van der Waals surface area (Å²) in [5, 5.41) is 9.57. The molecule has 1 rings (SSSR count). The van der Waals surface area contributed by atoms with Crippen molar-refractivity contribution in [3.8, 4) is 0 Å². The normalized spacial score (nSPS) is 45.9. The highest BCUT2D eigenvalue weighted by atomic mass is 16.3. The van der Waals surface area contributed by atoms with E-state index in [1.807, 2.05) is 0 Å². The third kappa shape index (κ3) is 0.956. The Morgan fingerprint density at radius 2 is 2.00 bits per heavy atom. The van der Waals surface area contributed by atoms with Crippen LogP contribution in [0.3, 0.4) is 0 Å². The lowest BCUT2D eigenvalue weighted by molar-refractivity contribution is 0.0503. The second kappa shape index (κ2) is 2.21. The molecule has 0 saturated heterocycles.